The molecule has 0 fully saturated rings. The molecule has 1 aliphatic heterocycles. The molecule has 1 aromatic heterocycles. The lowest BCUT2D eigenvalue weighted by Crippen LogP contribution is -2.35. The van der Waals surface area contributed by atoms with Gasteiger partial charge in [-0.2, -0.15) is 0 Å². The molecule has 0 saturated heterocycles. The van der Waals surface area contributed by atoms with Crippen LogP contribution in [0.15, 0.2) is 42.6 Å². The number of aryl methyl sites for hydroxylation is 1. The summed E-state index contributed by atoms with van der Waals surface area (Å²) in [7, 11) is 0. The molecular weight excluding hydrogens is 262 g/mol. The first-order chi connectivity index (χ1) is 10.3. The van der Waals surface area contributed by atoms with Crippen LogP contribution in [0.25, 0.3) is 0 Å². The lowest BCUT2D eigenvalue weighted by molar-refractivity contribution is 0.0978. The molecule has 0 atom stereocenters. The van der Waals surface area contributed by atoms with Crippen molar-refractivity contribution in [3.05, 3.63) is 53.9 Å². The Balaban J connectivity index is 1.95. The van der Waals surface area contributed by atoms with Crippen LogP contribution < -0.4 is 10.2 Å². The molecule has 21 heavy (non-hydrogen) atoms. The van der Waals surface area contributed by atoms with Gasteiger partial charge < -0.3 is 14.8 Å². The number of nitrogens with one attached hydrogen (secondary N) is 1. The van der Waals surface area contributed by atoms with Crippen molar-refractivity contribution in [2.45, 2.75) is 26.4 Å². The first-order valence-corrected chi connectivity index (χ1v) is 7.57. The lowest BCUT2D eigenvalue weighted by Gasteiger charge is -2.23. The van der Waals surface area contributed by atoms with Gasteiger partial charge in [-0.1, -0.05) is 25.1 Å². The Bertz CT molecular complexity index is 632. The van der Waals surface area contributed by atoms with Gasteiger partial charge in [-0.3, -0.25) is 4.79 Å². The molecule has 0 aliphatic carbocycles. The zero-order valence-corrected chi connectivity index (χ0v) is 12.4. The third-order valence-electron chi connectivity index (χ3n) is 3.87. The normalized spacial score (nSPS) is 14.6. The van der Waals surface area contributed by atoms with Crippen molar-refractivity contribution >= 4 is 11.6 Å². The average molecular weight is 283 g/mol. The van der Waals surface area contributed by atoms with Gasteiger partial charge in [-0.05, 0) is 30.2 Å². The third-order valence-corrected chi connectivity index (χ3v) is 3.87. The number of fused-ring (bicyclic) bond motifs is 1. The van der Waals surface area contributed by atoms with Crippen molar-refractivity contribution in [1.29, 1.82) is 0 Å². The minimum Gasteiger partial charge on any atom is -0.344 e. The second-order valence-electron chi connectivity index (χ2n) is 5.35. The quantitative estimate of drug-likeness (QED) is 0.940. The van der Waals surface area contributed by atoms with E-state index in [9.17, 15) is 4.79 Å². The van der Waals surface area contributed by atoms with Crippen LogP contribution in [0.5, 0.6) is 0 Å². The third kappa shape index (κ3) is 2.72. The summed E-state index contributed by atoms with van der Waals surface area (Å²) in [5.41, 5.74) is 2.97. The molecule has 4 nitrogen and oxygen atoms in total. The van der Waals surface area contributed by atoms with Crippen LogP contribution in [0.1, 0.15) is 29.4 Å². The molecule has 1 aromatic carbocycles. The SMILES string of the molecule is CCCn1cccc1C(=O)N1CCNCc2ccccc21. The summed E-state index contributed by atoms with van der Waals surface area (Å²) in [6.45, 7) is 5.33. The minimum absolute atomic E-state index is 0.0876. The molecule has 0 radical (unpaired) electrons. The van der Waals surface area contributed by atoms with E-state index in [1.165, 1.54) is 5.56 Å². The van der Waals surface area contributed by atoms with Crippen molar-refractivity contribution in [1.82, 2.24) is 9.88 Å². The van der Waals surface area contributed by atoms with Crippen molar-refractivity contribution in [2.75, 3.05) is 18.0 Å². The zero-order chi connectivity index (χ0) is 14.7. The van der Waals surface area contributed by atoms with E-state index in [1.807, 2.05) is 46.0 Å². The van der Waals surface area contributed by atoms with Crippen LogP contribution in [-0.2, 0) is 13.1 Å². The van der Waals surface area contributed by atoms with E-state index < -0.39 is 0 Å². The van der Waals surface area contributed by atoms with E-state index in [2.05, 4.69) is 18.3 Å². The van der Waals surface area contributed by atoms with Gasteiger partial charge in [-0.15, -0.1) is 0 Å². The highest BCUT2D eigenvalue weighted by Gasteiger charge is 2.23. The maximum absolute atomic E-state index is 12.9. The van der Waals surface area contributed by atoms with Crippen LogP contribution in [0.3, 0.4) is 0 Å². The second kappa shape index (κ2) is 6.14. The molecule has 110 valence electrons. The Morgan fingerprint density at radius 2 is 2.10 bits per heavy atom. The van der Waals surface area contributed by atoms with Gasteiger partial charge in [0.2, 0.25) is 0 Å². The number of carbonyl (C=O) groups excluding carboxylic acids is 1. The molecule has 0 saturated carbocycles. The first-order valence-electron chi connectivity index (χ1n) is 7.57. The summed E-state index contributed by atoms with van der Waals surface area (Å²) < 4.78 is 2.04. The van der Waals surface area contributed by atoms with Crippen molar-refractivity contribution in [2.24, 2.45) is 0 Å². The van der Waals surface area contributed by atoms with Gasteiger partial charge in [-0.25, -0.2) is 0 Å². The van der Waals surface area contributed by atoms with E-state index in [0.29, 0.717) is 6.54 Å². The number of carbonyl (C=O) groups is 1. The maximum atomic E-state index is 12.9. The topological polar surface area (TPSA) is 37.3 Å². The molecule has 0 unspecified atom stereocenters. The predicted molar refractivity (Wildman–Crippen MR) is 84.5 cm³/mol. The number of aromatic nitrogens is 1. The van der Waals surface area contributed by atoms with Gasteiger partial charge in [0.05, 0.1) is 0 Å². The van der Waals surface area contributed by atoms with Crippen molar-refractivity contribution in [3.63, 3.8) is 0 Å². The fourth-order valence-electron chi connectivity index (χ4n) is 2.85. The molecule has 4 heteroatoms. The number of hydrogen-bond acceptors (Lipinski definition) is 2. The second-order valence-corrected chi connectivity index (χ2v) is 5.35. The first kappa shape index (κ1) is 13.9. The van der Waals surface area contributed by atoms with E-state index >= 15 is 0 Å². The number of amides is 1. The standard InChI is InChI=1S/C17H21N3O/c1-2-10-19-11-5-8-16(19)17(21)20-12-9-18-13-14-6-3-4-7-15(14)20/h3-8,11,18H,2,9-10,12-13H2,1H3. The largest absolute Gasteiger partial charge is 0.344 e. The number of anilines is 1. The van der Waals surface area contributed by atoms with Crippen LogP contribution >= 0.6 is 0 Å². The lowest BCUT2D eigenvalue weighted by atomic mass is 10.1. The van der Waals surface area contributed by atoms with E-state index in [1.54, 1.807) is 0 Å². The van der Waals surface area contributed by atoms with Crippen LogP contribution in [-0.4, -0.2) is 23.6 Å². The molecule has 1 aliphatic rings. The summed E-state index contributed by atoms with van der Waals surface area (Å²) in [6.07, 6.45) is 3.01. The smallest absolute Gasteiger partial charge is 0.274 e. The fourth-order valence-corrected chi connectivity index (χ4v) is 2.85. The summed E-state index contributed by atoms with van der Waals surface area (Å²) in [6, 6.07) is 12.0. The molecular formula is C17H21N3O. The Kier molecular flexibility index (Phi) is 4.06. The number of rotatable bonds is 3. The maximum Gasteiger partial charge on any atom is 0.274 e. The summed E-state index contributed by atoms with van der Waals surface area (Å²) >= 11 is 0. The van der Waals surface area contributed by atoms with Crippen molar-refractivity contribution < 1.29 is 4.79 Å². The summed E-state index contributed by atoms with van der Waals surface area (Å²) in [5.74, 6) is 0.0876. The summed E-state index contributed by atoms with van der Waals surface area (Å²) in [5, 5.41) is 3.37. The predicted octanol–water partition coefficient (Wildman–Crippen LogP) is 2.65. The minimum atomic E-state index is 0.0876. The fraction of sp³-hybridized carbons (Fsp3) is 0.353. The zero-order valence-electron chi connectivity index (χ0n) is 12.4. The van der Waals surface area contributed by atoms with E-state index in [4.69, 9.17) is 0 Å². The molecule has 0 bridgehead atoms. The highest BCUT2D eigenvalue weighted by molar-refractivity contribution is 6.05. The molecule has 2 aromatic rings. The molecule has 1 amide bonds. The molecule has 0 spiro atoms. The average Bonchev–Trinajstić information content (AvgIpc) is 2.85. The number of benzene rings is 1. The van der Waals surface area contributed by atoms with Crippen molar-refractivity contribution in [3.8, 4) is 0 Å². The van der Waals surface area contributed by atoms with Crippen LogP contribution in [0, 0.1) is 0 Å². The molecule has 2 heterocycles. The van der Waals surface area contributed by atoms with Gasteiger partial charge in [0, 0.05) is 38.1 Å². The number of para-hydroxylation sites is 1. The van der Waals surface area contributed by atoms with Gasteiger partial charge in [0.1, 0.15) is 5.69 Å². The van der Waals surface area contributed by atoms with Gasteiger partial charge in [0.15, 0.2) is 0 Å². The molecule has 1 N–H and O–H groups in total. The Labute approximate surface area is 125 Å². The monoisotopic (exact) mass is 283 g/mol. The van der Waals surface area contributed by atoms with E-state index in [-0.39, 0.29) is 5.91 Å². The molecule has 3 rings (SSSR count). The van der Waals surface area contributed by atoms with Gasteiger partial charge >= 0.3 is 0 Å². The highest BCUT2D eigenvalue weighted by atomic mass is 16.2. The Morgan fingerprint density at radius 1 is 1.24 bits per heavy atom. The van der Waals surface area contributed by atoms with E-state index in [0.717, 1.165) is 37.4 Å². The highest BCUT2D eigenvalue weighted by Crippen LogP contribution is 2.24. The number of nitrogens with zero attached hydrogens (tertiary/aromatic N) is 2. The summed E-state index contributed by atoms with van der Waals surface area (Å²) in [4.78, 5) is 14.8. The Hall–Kier alpha value is -2.07. The Morgan fingerprint density at radius 3 is 2.95 bits per heavy atom. The van der Waals surface area contributed by atoms with Crippen LogP contribution in [0.2, 0.25) is 0 Å². The van der Waals surface area contributed by atoms with Gasteiger partial charge in [0.25, 0.3) is 5.91 Å². The van der Waals surface area contributed by atoms with Crippen LogP contribution in [0.4, 0.5) is 5.69 Å². The number of hydrogen-bond donors (Lipinski definition) is 1.